The first-order valence-electron chi connectivity index (χ1n) is 6.24. The van der Waals surface area contributed by atoms with Crippen LogP contribution >= 0.6 is 0 Å². The van der Waals surface area contributed by atoms with Crippen molar-refractivity contribution in [2.45, 2.75) is 18.9 Å². The number of nitrogen functional groups attached to an aromatic ring is 1. The van der Waals surface area contributed by atoms with Gasteiger partial charge in [0.1, 0.15) is 0 Å². The van der Waals surface area contributed by atoms with Crippen LogP contribution in [0.1, 0.15) is 23.2 Å². The van der Waals surface area contributed by atoms with Gasteiger partial charge in [-0.3, -0.25) is 4.79 Å². The van der Waals surface area contributed by atoms with Gasteiger partial charge in [0.2, 0.25) is 0 Å². The summed E-state index contributed by atoms with van der Waals surface area (Å²) >= 11 is 0. The van der Waals surface area contributed by atoms with E-state index in [9.17, 15) is 23.1 Å². The number of piperidine rings is 1. The Morgan fingerprint density at radius 1 is 1.41 bits per heavy atom. The second-order valence-corrected chi connectivity index (χ2v) is 4.55. The summed E-state index contributed by atoms with van der Waals surface area (Å²) in [5, 5.41) is 9.75. The molecule has 0 saturated carbocycles. The van der Waals surface area contributed by atoms with Gasteiger partial charge in [0, 0.05) is 53.5 Å². The number of phenolic OH excluding ortho intramolecular Hbond substituents is 1. The van der Waals surface area contributed by atoms with E-state index in [0.717, 1.165) is 12.8 Å². The van der Waals surface area contributed by atoms with E-state index < -0.39 is 6.68 Å². The van der Waals surface area contributed by atoms with Crippen molar-refractivity contribution in [2.24, 2.45) is 0 Å². The first-order valence-corrected chi connectivity index (χ1v) is 6.24. The molecular weight excluding hydrogens is 438 g/mol. The Kier molecular flexibility index (Phi) is 9.92. The van der Waals surface area contributed by atoms with E-state index in [1.54, 1.807) is 23.1 Å². The Morgan fingerprint density at radius 2 is 2.00 bits per heavy atom. The number of hydrogen-bond donors (Lipinski definition) is 2. The van der Waals surface area contributed by atoms with E-state index in [1.807, 2.05) is 0 Å². The van der Waals surface area contributed by atoms with Crippen molar-refractivity contribution in [1.29, 1.82) is 0 Å². The molecule has 1 atom stereocenters. The molecule has 5 nitrogen and oxygen atoms in total. The molecule has 1 aromatic carbocycles. The Labute approximate surface area is 158 Å². The number of nitrogens with one attached hydrogen (secondary N) is 1. The Morgan fingerprint density at radius 3 is 2.55 bits per heavy atom. The average Bonchev–Trinajstić information content (AvgIpc) is 2.40. The molecule has 4 N–H and O–H groups in total. The van der Waals surface area contributed by atoms with Crippen molar-refractivity contribution in [3.63, 3.8) is 0 Å². The van der Waals surface area contributed by atoms with Gasteiger partial charge in [-0.1, -0.05) is 12.5 Å². The predicted molar refractivity (Wildman–Crippen MR) is 72.3 cm³/mol. The van der Waals surface area contributed by atoms with Crippen LogP contribution in [0.25, 0.3) is 5.73 Å². The maximum Gasteiger partial charge on any atom is 0.257 e. The number of amides is 1. The number of phenols is 1. The van der Waals surface area contributed by atoms with Gasteiger partial charge in [-0.05, 0) is 18.6 Å². The topological polar surface area (TPSA) is 90.4 Å². The number of hydrogen-bond acceptors (Lipinski definition) is 3. The van der Waals surface area contributed by atoms with Crippen LogP contribution < -0.4 is 5.73 Å². The van der Waals surface area contributed by atoms with Crippen molar-refractivity contribution >= 4 is 11.6 Å². The number of halogens is 3. The Hall–Kier alpha value is -0.622. The summed E-state index contributed by atoms with van der Waals surface area (Å²) < 4.78 is 28.8. The normalized spacial score (nSPS) is 17.3. The van der Waals surface area contributed by atoms with E-state index in [2.05, 4.69) is 0 Å². The third-order valence-corrected chi connectivity index (χ3v) is 3.01. The van der Waals surface area contributed by atoms with Gasteiger partial charge in [-0.25, -0.2) is 0 Å². The zero-order valence-corrected chi connectivity index (χ0v) is 14.2. The van der Waals surface area contributed by atoms with E-state index >= 15 is 0 Å². The first kappa shape index (κ1) is 21.4. The molecule has 124 valence electrons. The molecule has 1 unspecified atom stereocenters. The van der Waals surface area contributed by atoms with Gasteiger partial charge in [0.15, 0.2) is 12.4 Å². The maximum absolute atomic E-state index is 12.1. The summed E-state index contributed by atoms with van der Waals surface area (Å²) in [6.45, 7) is -2.02. The number of carbonyl (C=O) groups excluding carboxylic acids is 1. The molecule has 1 aliphatic rings. The second-order valence-electron chi connectivity index (χ2n) is 4.55. The van der Waals surface area contributed by atoms with Crippen LogP contribution in [0.5, 0.6) is 5.75 Å². The van der Waals surface area contributed by atoms with Crippen molar-refractivity contribution in [2.75, 3.05) is 18.8 Å². The third kappa shape index (κ3) is 6.65. The largest absolute Gasteiger partial charge is 0.673 e. The van der Waals surface area contributed by atoms with Gasteiger partial charge in [0.05, 0.1) is 11.3 Å². The standard InChI is InChI=1S/C12H16N3O2.CF3.Sm/c13-8-3-2-6-15(7-8)12(17)9-4-1-5-10(14)11(9)16;2-1(3)4;/h1,4-5,8,13,16H,2-3,6-7,14H2;;/q2*-1;. The van der Waals surface area contributed by atoms with Crippen molar-refractivity contribution < 1.29 is 63.5 Å². The number of nitrogens with zero attached hydrogens (tertiary/aromatic N) is 1. The molecule has 0 aliphatic carbocycles. The number of anilines is 1. The predicted octanol–water partition coefficient (Wildman–Crippen LogP) is 2.97. The second kappa shape index (κ2) is 10.2. The van der Waals surface area contributed by atoms with E-state index in [0.29, 0.717) is 13.1 Å². The average molecular weight is 454 g/mol. The number of benzene rings is 1. The van der Waals surface area contributed by atoms with Crippen molar-refractivity contribution in [3.05, 3.63) is 36.2 Å². The quantitative estimate of drug-likeness (QED) is 0.389. The fraction of sp³-hybridized carbons (Fsp3) is 0.385. The molecule has 1 aromatic rings. The minimum atomic E-state index is -3.08. The molecule has 2 rings (SSSR count). The van der Waals surface area contributed by atoms with Gasteiger partial charge >= 0.3 is 0 Å². The van der Waals surface area contributed by atoms with Crippen molar-refractivity contribution in [1.82, 2.24) is 4.90 Å². The zero-order chi connectivity index (χ0) is 16.0. The van der Waals surface area contributed by atoms with Crippen LogP contribution in [-0.2, 0) is 0 Å². The summed E-state index contributed by atoms with van der Waals surface area (Å²) in [4.78, 5) is 13.8. The summed E-state index contributed by atoms with van der Waals surface area (Å²) in [7, 11) is 0. The molecule has 9 heteroatoms. The minimum absolute atomic E-state index is 0. The monoisotopic (exact) mass is 455 g/mol. The molecule has 0 bridgehead atoms. The number of nitrogens with two attached hydrogens (primary N) is 1. The molecule has 0 aromatic heterocycles. The zero-order valence-electron chi connectivity index (χ0n) is 11.6. The van der Waals surface area contributed by atoms with Gasteiger partial charge < -0.3 is 34.6 Å². The van der Waals surface area contributed by atoms with E-state index in [-0.39, 0.29) is 69.3 Å². The fourth-order valence-corrected chi connectivity index (χ4v) is 2.07. The molecule has 1 heterocycles. The maximum atomic E-state index is 12.1. The third-order valence-electron chi connectivity index (χ3n) is 3.01. The molecular formula is C13H16F3N3O2Sm-2. The Balaban J connectivity index is 0.000000791. The number of likely N-dealkylation sites (tertiary alicyclic amines) is 1. The number of carbonyl (C=O) groups is 1. The van der Waals surface area contributed by atoms with Gasteiger partial charge in [-0.2, -0.15) is 0 Å². The van der Waals surface area contributed by atoms with E-state index in [4.69, 9.17) is 11.5 Å². The molecule has 22 heavy (non-hydrogen) atoms. The van der Waals surface area contributed by atoms with Gasteiger partial charge in [-0.15, -0.1) is 6.04 Å². The van der Waals surface area contributed by atoms with Crippen LogP contribution in [0, 0.1) is 47.1 Å². The summed E-state index contributed by atoms with van der Waals surface area (Å²) in [6, 6.07) is 4.53. The molecule has 1 saturated heterocycles. The molecule has 1 amide bonds. The molecule has 0 spiro atoms. The summed E-state index contributed by atoms with van der Waals surface area (Å²) in [5.41, 5.74) is 13.7. The van der Waals surface area contributed by atoms with Crippen LogP contribution in [0.2, 0.25) is 0 Å². The van der Waals surface area contributed by atoms with Crippen LogP contribution in [0.15, 0.2) is 18.2 Å². The number of rotatable bonds is 1. The molecule has 0 radical (unpaired) electrons. The van der Waals surface area contributed by atoms with Crippen LogP contribution in [0.3, 0.4) is 0 Å². The summed E-state index contributed by atoms with van der Waals surface area (Å²) in [5.74, 6) is -0.406. The smallest absolute Gasteiger partial charge is 0.257 e. The molecule has 1 fully saturated rings. The van der Waals surface area contributed by atoms with Gasteiger partial charge in [0.25, 0.3) is 5.91 Å². The van der Waals surface area contributed by atoms with Crippen LogP contribution in [0.4, 0.5) is 18.9 Å². The number of para-hydroxylation sites is 1. The Bertz CT molecular complexity index is 489. The van der Waals surface area contributed by atoms with Crippen molar-refractivity contribution in [3.8, 4) is 5.75 Å². The fourth-order valence-electron chi connectivity index (χ4n) is 2.07. The summed E-state index contributed by atoms with van der Waals surface area (Å²) in [6.07, 6.45) is 1.66. The number of aromatic hydroxyl groups is 1. The van der Waals surface area contributed by atoms with Crippen LogP contribution in [-0.4, -0.2) is 35.0 Å². The minimum Gasteiger partial charge on any atom is -0.673 e. The SMILES string of the molecule is F[C-](F)F.[NH-]C1CCCN(C(=O)c2cccc(N)c2O)C1.[Sm]. The first-order chi connectivity index (χ1) is 9.82. The van der Waals surface area contributed by atoms with E-state index in [1.165, 1.54) is 0 Å². The molecule has 1 aliphatic heterocycles.